The Kier molecular flexibility index (Phi) is 6.69. The summed E-state index contributed by atoms with van der Waals surface area (Å²) in [6.07, 6.45) is 0. The van der Waals surface area contributed by atoms with Crippen molar-refractivity contribution in [2.24, 2.45) is 0 Å². The molecule has 0 spiro atoms. The molecule has 5 heteroatoms. The molecule has 0 bridgehead atoms. The first-order valence-corrected chi connectivity index (χ1v) is 8.36. The summed E-state index contributed by atoms with van der Waals surface area (Å²) in [5.74, 6) is 1.54. The van der Waals surface area contributed by atoms with Crippen LogP contribution in [0.1, 0.15) is 25.3 Å². The minimum Gasteiger partial charge on any atom is -0.497 e. The molecule has 0 aliphatic rings. The Morgan fingerprint density at radius 1 is 1.04 bits per heavy atom. The number of ether oxygens (including phenoxy) is 2. The van der Waals surface area contributed by atoms with Crippen LogP contribution in [0.2, 0.25) is 0 Å². The van der Waals surface area contributed by atoms with Crippen LogP contribution in [0.3, 0.4) is 0 Å². The number of carbonyl (C=O) groups excluding carboxylic acids is 1. The Bertz CT molecular complexity index is 689. The number of hydrogen-bond donors (Lipinski definition) is 2. The predicted molar refractivity (Wildman–Crippen MR) is 100 cm³/mol. The number of anilines is 1. The molecular formula is C20H26N2O3. The number of hydrogen-bond acceptors (Lipinski definition) is 4. The number of methoxy groups -OCH3 is 2. The van der Waals surface area contributed by atoms with Crippen molar-refractivity contribution in [2.45, 2.75) is 25.8 Å². The van der Waals surface area contributed by atoms with E-state index < -0.39 is 0 Å². The first-order chi connectivity index (χ1) is 12.0. The van der Waals surface area contributed by atoms with E-state index in [9.17, 15) is 4.79 Å². The summed E-state index contributed by atoms with van der Waals surface area (Å²) in [7, 11) is 3.19. The molecular weight excluding hydrogens is 316 g/mol. The molecule has 2 rings (SSSR count). The number of rotatable bonds is 8. The Hall–Kier alpha value is -2.69. The lowest BCUT2D eigenvalue weighted by Crippen LogP contribution is -2.39. The molecule has 0 heterocycles. The maximum absolute atomic E-state index is 12.4. The van der Waals surface area contributed by atoms with E-state index in [2.05, 4.69) is 29.7 Å². The number of nitrogens with one attached hydrogen (secondary N) is 2. The molecule has 0 fully saturated rings. The van der Waals surface area contributed by atoms with E-state index in [0.29, 0.717) is 18.0 Å². The highest BCUT2D eigenvalue weighted by Gasteiger charge is 2.16. The molecule has 2 aromatic carbocycles. The average Bonchev–Trinajstić information content (AvgIpc) is 2.66. The summed E-state index contributed by atoms with van der Waals surface area (Å²) in [6, 6.07) is 15.2. The molecule has 0 aliphatic heterocycles. The average molecular weight is 342 g/mol. The van der Waals surface area contributed by atoms with Gasteiger partial charge in [0.25, 0.3) is 0 Å². The maximum atomic E-state index is 12.4. The molecule has 2 unspecified atom stereocenters. The van der Waals surface area contributed by atoms with Gasteiger partial charge in [0.05, 0.1) is 19.9 Å². The lowest BCUT2D eigenvalue weighted by molar-refractivity contribution is -0.121. The smallest absolute Gasteiger partial charge is 0.242 e. The van der Waals surface area contributed by atoms with Gasteiger partial charge in [-0.25, -0.2) is 0 Å². The Morgan fingerprint density at radius 2 is 1.76 bits per heavy atom. The van der Waals surface area contributed by atoms with Gasteiger partial charge >= 0.3 is 0 Å². The first-order valence-electron chi connectivity index (χ1n) is 8.36. The van der Waals surface area contributed by atoms with Crippen LogP contribution in [-0.4, -0.2) is 32.7 Å². The third-order valence-electron chi connectivity index (χ3n) is 4.13. The molecule has 134 valence electrons. The van der Waals surface area contributed by atoms with Gasteiger partial charge in [0.2, 0.25) is 5.91 Å². The zero-order valence-electron chi connectivity index (χ0n) is 15.2. The SMILES string of the molecule is COc1ccc(NC(C)C(=O)NCC(C)c2ccccc2)c(OC)c1. The third-order valence-corrected chi connectivity index (χ3v) is 4.13. The van der Waals surface area contributed by atoms with Gasteiger partial charge in [-0.05, 0) is 30.5 Å². The van der Waals surface area contributed by atoms with Crippen molar-refractivity contribution < 1.29 is 14.3 Å². The molecule has 0 aromatic heterocycles. The van der Waals surface area contributed by atoms with Gasteiger partial charge in [0.1, 0.15) is 17.5 Å². The first kappa shape index (κ1) is 18.6. The van der Waals surface area contributed by atoms with Crippen molar-refractivity contribution in [1.29, 1.82) is 0 Å². The van der Waals surface area contributed by atoms with Crippen molar-refractivity contribution in [1.82, 2.24) is 5.32 Å². The fourth-order valence-corrected chi connectivity index (χ4v) is 2.52. The summed E-state index contributed by atoms with van der Waals surface area (Å²) in [6.45, 7) is 4.51. The summed E-state index contributed by atoms with van der Waals surface area (Å²) < 4.78 is 10.5. The number of amides is 1. The van der Waals surface area contributed by atoms with Gasteiger partial charge in [0.15, 0.2) is 0 Å². The van der Waals surface area contributed by atoms with E-state index in [-0.39, 0.29) is 17.9 Å². The topological polar surface area (TPSA) is 59.6 Å². The molecule has 2 N–H and O–H groups in total. The monoisotopic (exact) mass is 342 g/mol. The molecule has 5 nitrogen and oxygen atoms in total. The van der Waals surface area contributed by atoms with E-state index in [4.69, 9.17) is 9.47 Å². The van der Waals surface area contributed by atoms with Crippen molar-refractivity contribution in [3.05, 3.63) is 54.1 Å². The van der Waals surface area contributed by atoms with Crippen LogP contribution < -0.4 is 20.1 Å². The van der Waals surface area contributed by atoms with Gasteiger partial charge in [0, 0.05) is 12.6 Å². The molecule has 1 amide bonds. The predicted octanol–water partition coefficient (Wildman–Crippen LogP) is 3.42. The van der Waals surface area contributed by atoms with E-state index in [1.165, 1.54) is 5.56 Å². The van der Waals surface area contributed by atoms with Crippen LogP contribution in [-0.2, 0) is 4.79 Å². The molecule has 0 saturated heterocycles. The number of benzene rings is 2. The van der Waals surface area contributed by atoms with Crippen molar-refractivity contribution >= 4 is 11.6 Å². The fraction of sp³-hybridized carbons (Fsp3) is 0.350. The summed E-state index contributed by atoms with van der Waals surface area (Å²) in [5.41, 5.74) is 1.96. The Morgan fingerprint density at radius 3 is 2.40 bits per heavy atom. The second-order valence-corrected chi connectivity index (χ2v) is 5.99. The van der Waals surface area contributed by atoms with E-state index in [1.807, 2.05) is 37.3 Å². The quantitative estimate of drug-likeness (QED) is 0.772. The standard InChI is InChI=1S/C20H26N2O3/c1-14(16-8-6-5-7-9-16)13-21-20(23)15(2)22-18-11-10-17(24-3)12-19(18)25-4/h5-12,14-15,22H,13H2,1-4H3,(H,21,23). The lowest BCUT2D eigenvalue weighted by atomic mass is 10.0. The van der Waals surface area contributed by atoms with Crippen LogP contribution in [0.5, 0.6) is 11.5 Å². The Balaban J connectivity index is 1.92. The fourth-order valence-electron chi connectivity index (χ4n) is 2.52. The summed E-state index contributed by atoms with van der Waals surface area (Å²) in [4.78, 5) is 12.4. The minimum atomic E-state index is -0.384. The van der Waals surface area contributed by atoms with Gasteiger partial charge in [-0.3, -0.25) is 4.79 Å². The van der Waals surface area contributed by atoms with Crippen LogP contribution in [0, 0.1) is 0 Å². The highest BCUT2D eigenvalue weighted by Crippen LogP contribution is 2.29. The van der Waals surface area contributed by atoms with E-state index in [1.54, 1.807) is 20.3 Å². The zero-order valence-corrected chi connectivity index (χ0v) is 15.2. The van der Waals surface area contributed by atoms with Crippen LogP contribution in [0.4, 0.5) is 5.69 Å². The van der Waals surface area contributed by atoms with Crippen LogP contribution in [0.15, 0.2) is 48.5 Å². The molecule has 0 aliphatic carbocycles. The molecule has 2 aromatic rings. The van der Waals surface area contributed by atoms with Crippen molar-refractivity contribution in [3.8, 4) is 11.5 Å². The second-order valence-electron chi connectivity index (χ2n) is 5.99. The minimum absolute atomic E-state index is 0.0550. The zero-order chi connectivity index (χ0) is 18.2. The lowest BCUT2D eigenvalue weighted by Gasteiger charge is -2.19. The summed E-state index contributed by atoms with van der Waals surface area (Å²) >= 11 is 0. The van der Waals surface area contributed by atoms with Gasteiger partial charge in [-0.15, -0.1) is 0 Å². The third kappa shape index (κ3) is 5.14. The molecule has 2 atom stereocenters. The van der Waals surface area contributed by atoms with E-state index in [0.717, 1.165) is 5.69 Å². The van der Waals surface area contributed by atoms with Crippen molar-refractivity contribution in [2.75, 3.05) is 26.1 Å². The maximum Gasteiger partial charge on any atom is 0.242 e. The summed E-state index contributed by atoms with van der Waals surface area (Å²) in [5, 5.41) is 6.18. The van der Waals surface area contributed by atoms with Crippen LogP contribution >= 0.6 is 0 Å². The second kappa shape index (κ2) is 8.97. The largest absolute Gasteiger partial charge is 0.497 e. The Labute approximate surface area is 149 Å². The molecule has 0 radical (unpaired) electrons. The van der Waals surface area contributed by atoms with Gasteiger partial charge in [-0.2, -0.15) is 0 Å². The molecule has 25 heavy (non-hydrogen) atoms. The van der Waals surface area contributed by atoms with E-state index >= 15 is 0 Å². The highest BCUT2D eigenvalue weighted by atomic mass is 16.5. The van der Waals surface area contributed by atoms with Gasteiger partial charge in [-0.1, -0.05) is 37.3 Å². The van der Waals surface area contributed by atoms with Crippen LogP contribution in [0.25, 0.3) is 0 Å². The van der Waals surface area contributed by atoms with Crippen molar-refractivity contribution in [3.63, 3.8) is 0 Å². The normalized spacial score (nSPS) is 12.8. The molecule has 0 saturated carbocycles. The number of carbonyl (C=O) groups is 1. The highest BCUT2D eigenvalue weighted by molar-refractivity contribution is 5.84. The van der Waals surface area contributed by atoms with Gasteiger partial charge < -0.3 is 20.1 Å².